The Kier molecular flexibility index (Phi) is 4.72. The molecule has 5 rings (SSSR count). The van der Waals surface area contributed by atoms with Crippen LogP contribution in [0.3, 0.4) is 0 Å². The molecule has 1 atom stereocenters. The van der Waals surface area contributed by atoms with Gasteiger partial charge in [-0.05, 0) is 57.7 Å². The number of carbonyl (C=O) groups is 1. The van der Waals surface area contributed by atoms with E-state index in [9.17, 15) is 9.59 Å². The minimum atomic E-state index is -0.190. The molecule has 0 N–H and O–H groups in total. The van der Waals surface area contributed by atoms with Crippen LogP contribution in [0.4, 0.5) is 0 Å². The minimum Gasteiger partial charge on any atom is -0.466 e. The zero-order chi connectivity index (χ0) is 20.8. The highest BCUT2D eigenvalue weighted by Crippen LogP contribution is 2.37. The maximum absolute atomic E-state index is 13.5. The van der Waals surface area contributed by atoms with E-state index in [2.05, 4.69) is 0 Å². The van der Waals surface area contributed by atoms with Crippen LogP contribution in [0.1, 0.15) is 78.3 Å². The van der Waals surface area contributed by atoms with Gasteiger partial charge in [-0.2, -0.15) is 0 Å². The van der Waals surface area contributed by atoms with Crippen molar-refractivity contribution in [3.63, 3.8) is 0 Å². The molecule has 2 aromatic heterocycles. The van der Waals surface area contributed by atoms with E-state index in [0.717, 1.165) is 50.1 Å². The van der Waals surface area contributed by atoms with Crippen molar-refractivity contribution in [2.45, 2.75) is 64.5 Å². The number of carbonyl (C=O) groups excluding carboxylic acids is 1. The van der Waals surface area contributed by atoms with Crippen LogP contribution in [-0.4, -0.2) is 26.9 Å². The lowest BCUT2D eigenvalue weighted by atomic mass is 10.1. The van der Waals surface area contributed by atoms with Gasteiger partial charge < -0.3 is 9.32 Å². The predicted molar refractivity (Wildman–Crippen MR) is 115 cm³/mol. The van der Waals surface area contributed by atoms with Crippen LogP contribution < -0.4 is 5.56 Å². The van der Waals surface area contributed by atoms with E-state index < -0.39 is 0 Å². The van der Waals surface area contributed by atoms with Crippen molar-refractivity contribution in [3.05, 3.63) is 63.6 Å². The molecule has 0 spiro atoms. The number of benzene rings is 1. The van der Waals surface area contributed by atoms with Gasteiger partial charge in [-0.25, -0.2) is 4.98 Å². The second kappa shape index (κ2) is 7.42. The molecule has 2 fully saturated rings. The molecule has 0 radical (unpaired) electrons. The molecule has 1 amide bonds. The fourth-order valence-corrected chi connectivity index (χ4v) is 5.19. The fraction of sp³-hybridized carbons (Fsp3) is 0.458. The smallest absolute Gasteiger partial charge is 0.261 e. The lowest BCUT2D eigenvalue weighted by Gasteiger charge is -2.28. The Bertz CT molecular complexity index is 1170. The zero-order valence-corrected chi connectivity index (χ0v) is 17.6. The second-order valence-electron chi connectivity index (χ2n) is 8.58. The molecule has 3 heterocycles. The lowest BCUT2D eigenvalue weighted by molar-refractivity contribution is 0.0723. The van der Waals surface area contributed by atoms with Crippen LogP contribution in [-0.2, 0) is 0 Å². The summed E-state index contributed by atoms with van der Waals surface area (Å²) in [6, 6.07) is 9.34. The van der Waals surface area contributed by atoms with Gasteiger partial charge in [0.2, 0.25) is 0 Å². The predicted octanol–water partition coefficient (Wildman–Crippen LogP) is 4.70. The van der Waals surface area contributed by atoms with Crippen molar-refractivity contribution in [1.29, 1.82) is 0 Å². The van der Waals surface area contributed by atoms with Gasteiger partial charge in [0.15, 0.2) is 0 Å². The van der Waals surface area contributed by atoms with E-state index in [-0.39, 0.29) is 23.6 Å². The third kappa shape index (κ3) is 3.06. The van der Waals surface area contributed by atoms with Crippen molar-refractivity contribution in [3.8, 4) is 0 Å². The highest BCUT2D eigenvalue weighted by atomic mass is 16.3. The third-order valence-electron chi connectivity index (χ3n) is 6.61. The summed E-state index contributed by atoms with van der Waals surface area (Å²) in [5, 5.41) is 0.658. The molecule has 0 bridgehead atoms. The number of aryl methyl sites for hydroxylation is 2. The number of amides is 1. The maximum atomic E-state index is 13.5. The Morgan fingerprint density at radius 2 is 1.87 bits per heavy atom. The number of hydrogen-bond acceptors (Lipinski definition) is 4. The van der Waals surface area contributed by atoms with Gasteiger partial charge in [0.1, 0.15) is 17.3 Å². The summed E-state index contributed by atoms with van der Waals surface area (Å²) in [6.07, 6.45) is 5.97. The van der Waals surface area contributed by atoms with Crippen molar-refractivity contribution >= 4 is 16.8 Å². The molecule has 1 aliphatic heterocycles. The van der Waals surface area contributed by atoms with Gasteiger partial charge in [-0.3, -0.25) is 14.2 Å². The number of nitrogens with zero attached hydrogens (tertiary/aromatic N) is 3. The van der Waals surface area contributed by atoms with Crippen LogP contribution in [0, 0.1) is 13.8 Å². The van der Waals surface area contributed by atoms with E-state index in [1.165, 1.54) is 0 Å². The van der Waals surface area contributed by atoms with E-state index in [0.29, 0.717) is 28.8 Å². The van der Waals surface area contributed by atoms with Crippen molar-refractivity contribution in [2.24, 2.45) is 0 Å². The van der Waals surface area contributed by atoms with Crippen LogP contribution in [0.25, 0.3) is 10.9 Å². The van der Waals surface area contributed by atoms with E-state index in [4.69, 9.17) is 9.40 Å². The molecular weight excluding hydrogens is 378 g/mol. The first-order chi connectivity index (χ1) is 14.5. The number of likely N-dealkylation sites (tertiary alicyclic amines) is 1. The average molecular weight is 405 g/mol. The Morgan fingerprint density at radius 3 is 2.60 bits per heavy atom. The molecular formula is C24H27N3O3. The molecule has 6 heteroatoms. The van der Waals surface area contributed by atoms with Gasteiger partial charge in [0, 0.05) is 12.6 Å². The summed E-state index contributed by atoms with van der Waals surface area (Å²) in [5.74, 6) is 2.09. The summed E-state index contributed by atoms with van der Waals surface area (Å²) < 4.78 is 7.52. The molecule has 6 nitrogen and oxygen atoms in total. The fourth-order valence-electron chi connectivity index (χ4n) is 5.19. The second-order valence-corrected chi connectivity index (χ2v) is 8.58. The molecule has 1 aromatic carbocycles. The summed E-state index contributed by atoms with van der Waals surface area (Å²) in [5.41, 5.74) is 1.34. The number of para-hydroxylation sites is 1. The Labute approximate surface area is 175 Å². The maximum Gasteiger partial charge on any atom is 0.261 e. The number of rotatable bonds is 3. The lowest BCUT2D eigenvalue weighted by Crippen LogP contribution is -2.36. The quantitative estimate of drug-likeness (QED) is 0.633. The summed E-state index contributed by atoms with van der Waals surface area (Å²) in [6.45, 7) is 4.35. The summed E-state index contributed by atoms with van der Waals surface area (Å²) in [7, 11) is 0. The van der Waals surface area contributed by atoms with E-state index in [1.54, 1.807) is 0 Å². The standard InChI is InChI=1S/C24H27N3O3/c1-15-14-19(16(2)30-15)23(28)26-13-7-12-21(26)22-25-20-11-6-5-10-18(20)24(29)27(22)17-8-3-4-9-17/h5-6,10-11,14,17,21H,3-4,7-9,12-13H2,1-2H3. The van der Waals surface area contributed by atoms with Crippen LogP contribution in [0.2, 0.25) is 0 Å². The first-order valence-electron chi connectivity index (χ1n) is 10.9. The van der Waals surface area contributed by atoms with Crippen molar-refractivity contribution in [2.75, 3.05) is 6.54 Å². The van der Waals surface area contributed by atoms with E-state index in [1.807, 2.05) is 53.6 Å². The molecule has 1 saturated carbocycles. The summed E-state index contributed by atoms with van der Waals surface area (Å²) >= 11 is 0. The normalized spacial score (nSPS) is 19.8. The van der Waals surface area contributed by atoms with Gasteiger partial charge in [-0.15, -0.1) is 0 Å². The highest BCUT2D eigenvalue weighted by Gasteiger charge is 2.36. The first-order valence-corrected chi connectivity index (χ1v) is 10.9. The molecule has 1 saturated heterocycles. The monoisotopic (exact) mass is 405 g/mol. The molecule has 30 heavy (non-hydrogen) atoms. The van der Waals surface area contributed by atoms with Gasteiger partial charge in [0.05, 0.1) is 22.5 Å². The minimum absolute atomic E-state index is 0.0251. The number of hydrogen-bond donors (Lipinski definition) is 0. The van der Waals surface area contributed by atoms with Crippen LogP contribution >= 0.6 is 0 Å². The molecule has 3 aromatic rings. The number of fused-ring (bicyclic) bond motifs is 1. The largest absolute Gasteiger partial charge is 0.466 e. The van der Waals surface area contributed by atoms with Gasteiger partial charge in [-0.1, -0.05) is 25.0 Å². The average Bonchev–Trinajstić information content (AvgIpc) is 3.48. The Hall–Kier alpha value is -2.89. The molecule has 1 aliphatic carbocycles. The number of aromatic nitrogens is 2. The molecule has 156 valence electrons. The topological polar surface area (TPSA) is 68.3 Å². The SMILES string of the molecule is Cc1cc(C(=O)N2CCCC2c2nc3ccccc3c(=O)n2C2CCCC2)c(C)o1. The Balaban J connectivity index is 1.64. The molecule has 1 unspecified atom stereocenters. The van der Waals surface area contributed by atoms with Crippen LogP contribution in [0.5, 0.6) is 0 Å². The highest BCUT2D eigenvalue weighted by molar-refractivity contribution is 5.95. The number of furan rings is 1. The third-order valence-corrected chi connectivity index (χ3v) is 6.61. The first kappa shape index (κ1) is 19.1. The summed E-state index contributed by atoms with van der Waals surface area (Å²) in [4.78, 5) is 33.7. The van der Waals surface area contributed by atoms with Crippen LogP contribution in [0.15, 0.2) is 39.5 Å². The van der Waals surface area contributed by atoms with Gasteiger partial charge >= 0.3 is 0 Å². The zero-order valence-electron chi connectivity index (χ0n) is 17.6. The van der Waals surface area contributed by atoms with Crippen molar-refractivity contribution < 1.29 is 9.21 Å². The molecule has 2 aliphatic rings. The van der Waals surface area contributed by atoms with E-state index >= 15 is 0 Å². The van der Waals surface area contributed by atoms with Crippen molar-refractivity contribution in [1.82, 2.24) is 14.5 Å². The van der Waals surface area contributed by atoms with Gasteiger partial charge in [0.25, 0.3) is 11.5 Å². The Morgan fingerprint density at radius 1 is 1.10 bits per heavy atom.